The Labute approximate surface area is 117 Å². The quantitative estimate of drug-likeness (QED) is 0.903. The second kappa shape index (κ2) is 5.75. The van der Waals surface area contributed by atoms with Gasteiger partial charge in [-0.3, -0.25) is 0 Å². The summed E-state index contributed by atoms with van der Waals surface area (Å²) in [6.07, 6.45) is 0.727. The Kier molecular flexibility index (Phi) is 4.45. The van der Waals surface area contributed by atoms with Crippen LogP contribution in [-0.4, -0.2) is 38.4 Å². The summed E-state index contributed by atoms with van der Waals surface area (Å²) in [6.45, 7) is 3.66. The molecule has 1 heterocycles. The Morgan fingerprint density at radius 1 is 1.47 bits per heavy atom. The van der Waals surface area contributed by atoms with Gasteiger partial charge in [0.15, 0.2) is 0 Å². The minimum absolute atomic E-state index is 0.0335. The summed E-state index contributed by atoms with van der Waals surface area (Å²) in [4.78, 5) is 0.0410. The van der Waals surface area contributed by atoms with Crippen LogP contribution >= 0.6 is 11.6 Å². The minimum Gasteiger partial charge on any atom is -0.313 e. The van der Waals surface area contributed by atoms with Crippen molar-refractivity contribution in [1.29, 1.82) is 0 Å². The standard InChI is InChI=1S/C12H16ClFN2O2S/c1-2-5-16(9-7-15-8-9)19(17,18)10-3-4-12(14)11(13)6-10/h3-4,6,9,15H,2,5,7-8H2,1H3. The normalized spacial score (nSPS) is 16.6. The molecule has 0 radical (unpaired) electrons. The summed E-state index contributed by atoms with van der Waals surface area (Å²) in [6, 6.07) is 3.47. The van der Waals surface area contributed by atoms with E-state index in [0.717, 1.165) is 12.5 Å². The van der Waals surface area contributed by atoms with Gasteiger partial charge in [-0.2, -0.15) is 4.31 Å². The largest absolute Gasteiger partial charge is 0.313 e. The lowest BCUT2D eigenvalue weighted by Crippen LogP contribution is -2.58. The van der Waals surface area contributed by atoms with Crippen molar-refractivity contribution in [3.05, 3.63) is 29.0 Å². The van der Waals surface area contributed by atoms with E-state index in [1.807, 2.05) is 6.92 Å². The molecule has 0 spiro atoms. The van der Waals surface area contributed by atoms with Crippen molar-refractivity contribution in [2.24, 2.45) is 0 Å². The number of halogens is 2. The first-order valence-electron chi connectivity index (χ1n) is 6.14. The Morgan fingerprint density at radius 3 is 2.63 bits per heavy atom. The molecule has 7 heteroatoms. The maximum absolute atomic E-state index is 13.1. The Morgan fingerprint density at radius 2 is 2.16 bits per heavy atom. The van der Waals surface area contributed by atoms with Crippen LogP contribution in [0.3, 0.4) is 0 Å². The number of benzene rings is 1. The maximum Gasteiger partial charge on any atom is 0.243 e. The number of rotatable bonds is 5. The summed E-state index contributed by atoms with van der Waals surface area (Å²) in [5.74, 6) is -0.618. The van der Waals surface area contributed by atoms with Gasteiger partial charge in [0.25, 0.3) is 0 Å². The summed E-state index contributed by atoms with van der Waals surface area (Å²) in [5, 5.41) is 2.88. The molecule has 4 nitrogen and oxygen atoms in total. The topological polar surface area (TPSA) is 49.4 Å². The molecule has 106 valence electrons. The molecule has 0 aromatic heterocycles. The molecule has 0 unspecified atom stereocenters. The van der Waals surface area contributed by atoms with E-state index in [0.29, 0.717) is 19.6 Å². The molecule has 0 bridgehead atoms. The van der Waals surface area contributed by atoms with Crippen LogP contribution in [0.15, 0.2) is 23.1 Å². The molecule has 19 heavy (non-hydrogen) atoms. The summed E-state index contributed by atoms with van der Waals surface area (Å²) in [7, 11) is -3.62. The van der Waals surface area contributed by atoms with Crippen LogP contribution in [0.1, 0.15) is 13.3 Å². The predicted octanol–water partition coefficient (Wildman–Crippen LogP) is 1.85. The molecule has 0 aliphatic carbocycles. The highest BCUT2D eigenvalue weighted by molar-refractivity contribution is 7.89. The van der Waals surface area contributed by atoms with Crippen LogP contribution < -0.4 is 5.32 Å². The fourth-order valence-electron chi connectivity index (χ4n) is 1.97. The molecule has 0 amide bonds. The fourth-order valence-corrected chi connectivity index (χ4v) is 3.96. The third kappa shape index (κ3) is 2.91. The van der Waals surface area contributed by atoms with Gasteiger partial charge in [0.05, 0.1) is 16.0 Å². The molecule has 2 rings (SSSR count). The molecule has 0 atom stereocenters. The smallest absolute Gasteiger partial charge is 0.243 e. The van der Waals surface area contributed by atoms with Crippen molar-refractivity contribution in [3.8, 4) is 0 Å². The summed E-state index contributed by atoms with van der Waals surface area (Å²) < 4.78 is 39.7. The van der Waals surface area contributed by atoms with Crippen LogP contribution in [-0.2, 0) is 10.0 Å². The molecule has 1 aromatic carbocycles. The Bertz CT molecular complexity index is 561. The van der Waals surface area contributed by atoms with Gasteiger partial charge >= 0.3 is 0 Å². The second-order valence-corrected chi connectivity index (χ2v) is 6.80. The lowest BCUT2D eigenvalue weighted by Gasteiger charge is -2.37. The average molecular weight is 307 g/mol. The van der Waals surface area contributed by atoms with E-state index in [-0.39, 0.29) is 16.0 Å². The number of nitrogens with zero attached hydrogens (tertiary/aromatic N) is 1. The molecular formula is C12H16ClFN2O2S. The van der Waals surface area contributed by atoms with Crippen LogP contribution in [0.2, 0.25) is 5.02 Å². The third-order valence-electron chi connectivity index (χ3n) is 3.11. The van der Waals surface area contributed by atoms with Gasteiger partial charge in [0.1, 0.15) is 5.82 Å². The first kappa shape index (κ1) is 14.7. The molecule has 1 aliphatic rings. The van der Waals surface area contributed by atoms with Crippen molar-refractivity contribution >= 4 is 21.6 Å². The summed E-state index contributed by atoms with van der Waals surface area (Å²) in [5.41, 5.74) is 0. The van der Waals surface area contributed by atoms with Crippen LogP contribution in [0.25, 0.3) is 0 Å². The summed E-state index contributed by atoms with van der Waals surface area (Å²) >= 11 is 5.66. The minimum atomic E-state index is -3.62. The van der Waals surface area contributed by atoms with Crippen molar-refractivity contribution in [2.45, 2.75) is 24.3 Å². The lowest BCUT2D eigenvalue weighted by atomic mass is 10.2. The van der Waals surface area contributed by atoms with Crippen molar-refractivity contribution < 1.29 is 12.8 Å². The first-order valence-corrected chi connectivity index (χ1v) is 7.96. The number of nitrogens with one attached hydrogen (secondary N) is 1. The Balaban J connectivity index is 2.35. The number of hydrogen-bond donors (Lipinski definition) is 1. The highest BCUT2D eigenvalue weighted by Gasteiger charge is 2.34. The van der Waals surface area contributed by atoms with Gasteiger partial charge in [0.2, 0.25) is 10.0 Å². The van der Waals surface area contributed by atoms with Crippen molar-refractivity contribution in [1.82, 2.24) is 9.62 Å². The van der Waals surface area contributed by atoms with E-state index in [2.05, 4.69) is 5.32 Å². The molecule has 1 aliphatic heterocycles. The highest BCUT2D eigenvalue weighted by atomic mass is 35.5. The van der Waals surface area contributed by atoms with Crippen LogP contribution in [0.4, 0.5) is 4.39 Å². The molecule has 1 aromatic rings. The van der Waals surface area contributed by atoms with Gasteiger partial charge in [0, 0.05) is 19.6 Å². The van der Waals surface area contributed by atoms with E-state index in [9.17, 15) is 12.8 Å². The monoisotopic (exact) mass is 306 g/mol. The second-order valence-electron chi connectivity index (χ2n) is 4.50. The van der Waals surface area contributed by atoms with Gasteiger partial charge in [-0.1, -0.05) is 18.5 Å². The zero-order valence-electron chi connectivity index (χ0n) is 10.6. The van der Waals surface area contributed by atoms with E-state index in [1.165, 1.54) is 16.4 Å². The molecule has 1 N–H and O–H groups in total. The third-order valence-corrected chi connectivity index (χ3v) is 5.35. The van der Waals surface area contributed by atoms with Gasteiger partial charge < -0.3 is 5.32 Å². The highest BCUT2D eigenvalue weighted by Crippen LogP contribution is 2.24. The van der Waals surface area contributed by atoms with Crippen molar-refractivity contribution in [2.75, 3.05) is 19.6 Å². The van der Waals surface area contributed by atoms with E-state index < -0.39 is 15.8 Å². The fraction of sp³-hybridized carbons (Fsp3) is 0.500. The van der Waals surface area contributed by atoms with Crippen molar-refractivity contribution in [3.63, 3.8) is 0 Å². The molecular weight excluding hydrogens is 291 g/mol. The van der Waals surface area contributed by atoms with Gasteiger partial charge in [-0.25, -0.2) is 12.8 Å². The SMILES string of the molecule is CCCN(C1CNC1)S(=O)(=O)c1ccc(F)c(Cl)c1. The van der Waals surface area contributed by atoms with E-state index in [1.54, 1.807) is 0 Å². The molecule has 1 fully saturated rings. The van der Waals surface area contributed by atoms with E-state index >= 15 is 0 Å². The zero-order valence-corrected chi connectivity index (χ0v) is 12.1. The van der Waals surface area contributed by atoms with Crippen LogP contribution in [0.5, 0.6) is 0 Å². The first-order chi connectivity index (χ1) is 8.96. The maximum atomic E-state index is 13.1. The predicted molar refractivity (Wildman–Crippen MR) is 72.3 cm³/mol. The van der Waals surface area contributed by atoms with Crippen LogP contribution in [0, 0.1) is 5.82 Å². The van der Waals surface area contributed by atoms with Gasteiger partial charge in [-0.15, -0.1) is 0 Å². The lowest BCUT2D eigenvalue weighted by molar-refractivity contribution is 0.242. The van der Waals surface area contributed by atoms with E-state index in [4.69, 9.17) is 11.6 Å². The van der Waals surface area contributed by atoms with Gasteiger partial charge in [-0.05, 0) is 24.6 Å². The Hall–Kier alpha value is -0.690. The average Bonchev–Trinajstić information content (AvgIpc) is 2.29. The zero-order chi connectivity index (χ0) is 14.0. The molecule has 0 saturated carbocycles. The number of sulfonamides is 1. The number of hydrogen-bond acceptors (Lipinski definition) is 3. The molecule has 1 saturated heterocycles.